The van der Waals surface area contributed by atoms with E-state index in [9.17, 15) is 14.4 Å². The van der Waals surface area contributed by atoms with Crippen LogP contribution in [0.25, 0.3) is 11.2 Å². The predicted octanol–water partition coefficient (Wildman–Crippen LogP) is 1.62. The van der Waals surface area contributed by atoms with Gasteiger partial charge in [0.15, 0.2) is 16.9 Å². The first kappa shape index (κ1) is 22.2. The van der Waals surface area contributed by atoms with E-state index < -0.39 is 11.2 Å². The number of carbonyl (C=O) groups is 1. The van der Waals surface area contributed by atoms with Gasteiger partial charge in [-0.05, 0) is 17.8 Å². The molecule has 1 saturated heterocycles. The molecule has 0 amide bonds. The fourth-order valence-corrected chi connectivity index (χ4v) is 4.28. The monoisotopic (exact) mass is 500 g/mol. The molecule has 3 aromatic rings. The van der Waals surface area contributed by atoms with Crippen LogP contribution >= 0.6 is 15.9 Å². The van der Waals surface area contributed by atoms with E-state index in [1.807, 2.05) is 6.08 Å². The molecule has 2 N–H and O–H groups in total. The zero-order valence-electron chi connectivity index (χ0n) is 17.8. The van der Waals surface area contributed by atoms with E-state index in [2.05, 4.69) is 25.8 Å². The normalized spacial score (nSPS) is 16.8. The van der Waals surface area contributed by atoms with Gasteiger partial charge in [-0.1, -0.05) is 52.3 Å². The van der Waals surface area contributed by atoms with Crippen molar-refractivity contribution in [2.75, 3.05) is 18.0 Å². The van der Waals surface area contributed by atoms with Gasteiger partial charge >= 0.3 is 5.69 Å². The fourth-order valence-electron chi connectivity index (χ4n) is 4.11. The number of allylic oxidation sites excluding steroid dienone is 1. The first-order valence-corrected chi connectivity index (χ1v) is 11.4. The van der Waals surface area contributed by atoms with Gasteiger partial charge in [0, 0.05) is 38.3 Å². The molecule has 168 valence electrons. The van der Waals surface area contributed by atoms with Gasteiger partial charge < -0.3 is 15.2 Å². The lowest BCUT2D eigenvalue weighted by Gasteiger charge is -2.31. The van der Waals surface area contributed by atoms with E-state index >= 15 is 0 Å². The van der Waals surface area contributed by atoms with Gasteiger partial charge in [0.05, 0.1) is 6.54 Å². The van der Waals surface area contributed by atoms with E-state index in [0.29, 0.717) is 30.2 Å². The number of rotatable bonds is 6. The molecular weight excluding hydrogens is 476 g/mol. The topological polar surface area (TPSA) is 108 Å². The molecule has 0 bridgehead atoms. The number of ketones is 1. The van der Waals surface area contributed by atoms with Crippen LogP contribution in [0, 0.1) is 0 Å². The van der Waals surface area contributed by atoms with E-state index in [0.717, 1.165) is 24.0 Å². The standard InChI is InChI=1S/C22H25BrN6O3/c1-26-19-18(20(31)29(22(26)32)14-17(30)15-7-3-2-4-8-15)28(12-6-10-23)21(25-19)27-11-5-9-16(24)13-27/h2-4,6-8,10,16H,5,9,11-14,24H2,1H3/b10-6+. The SMILES string of the molecule is Cn1c(=O)n(CC(=O)c2ccccc2)c(=O)c2c1nc(N1CCCC(N)C1)n2C/C=C/Br. The van der Waals surface area contributed by atoms with Crippen molar-refractivity contribution in [2.45, 2.75) is 32.0 Å². The number of Topliss-reactive ketones (excluding diaryl/α,β-unsaturated/α-hetero) is 1. The molecule has 3 heterocycles. The number of hydrogen-bond acceptors (Lipinski definition) is 6. The number of benzene rings is 1. The maximum atomic E-state index is 13.5. The van der Waals surface area contributed by atoms with Crippen molar-refractivity contribution in [3.8, 4) is 0 Å². The van der Waals surface area contributed by atoms with E-state index in [1.165, 1.54) is 4.57 Å². The number of nitrogens with zero attached hydrogens (tertiary/aromatic N) is 5. The van der Waals surface area contributed by atoms with Crippen LogP contribution in [0.4, 0.5) is 5.95 Å². The van der Waals surface area contributed by atoms with Crippen molar-refractivity contribution < 1.29 is 4.79 Å². The number of anilines is 1. The minimum atomic E-state index is -0.575. The summed E-state index contributed by atoms with van der Waals surface area (Å²) < 4.78 is 4.10. The maximum absolute atomic E-state index is 13.5. The molecule has 10 heteroatoms. The summed E-state index contributed by atoms with van der Waals surface area (Å²) in [6, 6.07) is 8.65. The first-order valence-electron chi connectivity index (χ1n) is 10.5. The minimum Gasteiger partial charge on any atom is -0.341 e. The third kappa shape index (κ3) is 4.07. The van der Waals surface area contributed by atoms with Gasteiger partial charge in [-0.25, -0.2) is 4.79 Å². The summed E-state index contributed by atoms with van der Waals surface area (Å²) in [6.07, 6.45) is 3.71. The average molecular weight is 501 g/mol. The zero-order chi connectivity index (χ0) is 22.8. The summed E-state index contributed by atoms with van der Waals surface area (Å²) in [5.74, 6) is 0.290. The number of aryl methyl sites for hydroxylation is 1. The molecule has 0 aliphatic carbocycles. The summed E-state index contributed by atoms with van der Waals surface area (Å²) in [4.78, 5) is 47.7. The molecule has 0 saturated carbocycles. The van der Waals surface area contributed by atoms with Crippen molar-refractivity contribution in [2.24, 2.45) is 12.8 Å². The second-order valence-corrected chi connectivity index (χ2v) is 8.46. The second kappa shape index (κ2) is 9.25. The largest absolute Gasteiger partial charge is 0.341 e. The summed E-state index contributed by atoms with van der Waals surface area (Å²) >= 11 is 3.28. The Labute approximate surface area is 192 Å². The molecule has 1 unspecified atom stereocenters. The molecule has 1 aliphatic rings. The number of fused-ring (bicyclic) bond motifs is 1. The average Bonchev–Trinajstić information content (AvgIpc) is 3.19. The quantitative estimate of drug-likeness (QED) is 0.515. The van der Waals surface area contributed by atoms with Gasteiger partial charge in [0.1, 0.15) is 0 Å². The molecule has 2 aromatic heterocycles. The van der Waals surface area contributed by atoms with E-state index in [1.54, 1.807) is 46.9 Å². The Morgan fingerprint density at radius 1 is 1.25 bits per heavy atom. The zero-order valence-corrected chi connectivity index (χ0v) is 19.4. The van der Waals surface area contributed by atoms with E-state index in [4.69, 9.17) is 5.73 Å². The molecule has 0 spiro atoms. The van der Waals surface area contributed by atoms with Gasteiger partial charge in [-0.2, -0.15) is 4.98 Å². The maximum Gasteiger partial charge on any atom is 0.332 e. The van der Waals surface area contributed by atoms with Crippen molar-refractivity contribution in [1.29, 1.82) is 0 Å². The highest BCUT2D eigenvalue weighted by molar-refractivity contribution is 9.11. The molecule has 4 rings (SSSR count). The second-order valence-electron chi connectivity index (χ2n) is 7.93. The molecule has 1 aromatic carbocycles. The molecule has 0 radical (unpaired) electrons. The van der Waals surface area contributed by atoms with Crippen LogP contribution in [-0.2, 0) is 20.1 Å². The molecule has 1 atom stereocenters. The van der Waals surface area contributed by atoms with Crippen molar-refractivity contribution in [3.05, 3.63) is 67.8 Å². The lowest BCUT2D eigenvalue weighted by Crippen LogP contribution is -2.44. The Kier molecular flexibility index (Phi) is 6.43. The fraction of sp³-hybridized carbons (Fsp3) is 0.364. The third-order valence-electron chi connectivity index (χ3n) is 5.73. The molecular formula is C22H25BrN6O3. The van der Waals surface area contributed by atoms with Gasteiger partial charge in [-0.3, -0.25) is 18.7 Å². The Morgan fingerprint density at radius 3 is 2.69 bits per heavy atom. The number of carbonyl (C=O) groups excluding carboxylic acids is 1. The smallest absolute Gasteiger partial charge is 0.332 e. The van der Waals surface area contributed by atoms with Gasteiger partial charge in [-0.15, -0.1) is 0 Å². The van der Waals surface area contributed by atoms with Crippen molar-refractivity contribution >= 4 is 38.8 Å². The highest BCUT2D eigenvalue weighted by Gasteiger charge is 2.26. The summed E-state index contributed by atoms with van der Waals surface area (Å²) in [7, 11) is 1.57. The number of nitrogens with two attached hydrogens (primary N) is 1. The number of piperidine rings is 1. The Bertz CT molecular complexity index is 1290. The molecule has 32 heavy (non-hydrogen) atoms. The minimum absolute atomic E-state index is 0.0210. The van der Waals surface area contributed by atoms with Gasteiger partial charge in [0.2, 0.25) is 5.95 Å². The molecule has 1 aliphatic heterocycles. The highest BCUT2D eigenvalue weighted by Crippen LogP contribution is 2.23. The molecule has 9 nitrogen and oxygen atoms in total. The van der Waals surface area contributed by atoms with Crippen LogP contribution < -0.4 is 21.9 Å². The van der Waals surface area contributed by atoms with Crippen LogP contribution in [0.2, 0.25) is 0 Å². The Morgan fingerprint density at radius 2 is 2.00 bits per heavy atom. The third-order valence-corrected chi connectivity index (χ3v) is 6.10. The number of halogens is 1. The number of hydrogen-bond donors (Lipinski definition) is 1. The van der Waals surface area contributed by atoms with Crippen molar-refractivity contribution in [1.82, 2.24) is 18.7 Å². The van der Waals surface area contributed by atoms with Crippen LogP contribution in [0.1, 0.15) is 23.2 Å². The van der Waals surface area contributed by atoms with Crippen LogP contribution in [0.15, 0.2) is 51.0 Å². The van der Waals surface area contributed by atoms with E-state index in [-0.39, 0.29) is 23.9 Å². The summed E-state index contributed by atoms with van der Waals surface area (Å²) in [6.45, 7) is 1.43. The summed E-state index contributed by atoms with van der Waals surface area (Å²) in [5.41, 5.74) is 6.08. The summed E-state index contributed by atoms with van der Waals surface area (Å²) in [5, 5.41) is 0. The predicted molar refractivity (Wildman–Crippen MR) is 127 cm³/mol. The first-order chi connectivity index (χ1) is 15.4. The van der Waals surface area contributed by atoms with Gasteiger partial charge in [0.25, 0.3) is 5.56 Å². The Hall–Kier alpha value is -2.98. The van der Waals surface area contributed by atoms with Crippen LogP contribution in [-0.4, -0.2) is 43.6 Å². The number of aromatic nitrogens is 4. The van der Waals surface area contributed by atoms with Crippen LogP contribution in [0.3, 0.4) is 0 Å². The lowest BCUT2D eigenvalue weighted by molar-refractivity contribution is 0.0969. The lowest BCUT2D eigenvalue weighted by atomic mass is 10.1. The number of imidazole rings is 1. The Balaban J connectivity index is 1.88. The van der Waals surface area contributed by atoms with Crippen molar-refractivity contribution in [3.63, 3.8) is 0 Å². The van der Waals surface area contributed by atoms with Crippen LogP contribution in [0.5, 0.6) is 0 Å². The highest BCUT2D eigenvalue weighted by atomic mass is 79.9. The molecule has 1 fully saturated rings.